The van der Waals surface area contributed by atoms with Gasteiger partial charge in [0, 0.05) is 11.6 Å². The number of nitrogens with zero attached hydrogens (tertiary/aromatic N) is 1. The van der Waals surface area contributed by atoms with E-state index >= 15 is 0 Å². The maximum Gasteiger partial charge on any atom is 0.0509 e. The van der Waals surface area contributed by atoms with Gasteiger partial charge in [0.1, 0.15) is 0 Å². The number of dihydropyridines is 1. The molecule has 1 nitrogen and oxygen atoms in total. The summed E-state index contributed by atoms with van der Waals surface area (Å²) in [6.07, 6.45) is 14.0. The quantitative estimate of drug-likeness (QED) is 0.492. The first-order chi connectivity index (χ1) is 5.42. The van der Waals surface area contributed by atoms with E-state index in [9.17, 15) is 0 Å². The average molecular weight is 143 g/mol. The Balaban J connectivity index is 2.18. The first-order valence-electron chi connectivity index (χ1n) is 4.03. The van der Waals surface area contributed by atoms with Crippen molar-refractivity contribution in [1.82, 2.24) is 0 Å². The van der Waals surface area contributed by atoms with Crippen LogP contribution in [0.25, 0.3) is 0 Å². The summed E-state index contributed by atoms with van der Waals surface area (Å²) < 4.78 is 0. The summed E-state index contributed by atoms with van der Waals surface area (Å²) in [5.74, 6) is 0.746. The summed E-state index contributed by atoms with van der Waals surface area (Å²) in [6.45, 7) is 0. The fourth-order valence-electron chi connectivity index (χ4n) is 2.05. The Morgan fingerprint density at radius 1 is 1.45 bits per heavy atom. The summed E-state index contributed by atoms with van der Waals surface area (Å²) in [6, 6.07) is 0. The minimum Gasteiger partial charge on any atom is -0.260 e. The summed E-state index contributed by atoms with van der Waals surface area (Å²) in [5.41, 5.74) is 1.59. The average Bonchev–Trinajstić information content (AvgIpc) is 2.75. The first kappa shape index (κ1) is 5.53. The summed E-state index contributed by atoms with van der Waals surface area (Å²) in [7, 11) is 0. The third kappa shape index (κ3) is 0.543. The molecule has 1 heteroatoms. The molecule has 0 saturated heterocycles. The Morgan fingerprint density at radius 3 is 3.36 bits per heavy atom. The second-order valence-corrected chi connectivity index (χ2v) is 3.43. The van der Waals surface area contributed by atoms with Crippen LogP contribution in [0.3, 0.4) is 0 Å². The number of allylic oxidation sites excluding steroid dienone is 5. The monoisotopic (exact) mass is 143 g/mol. The van der Waals surface area contributed by atoms with Crippen LogP contribution in [0.1, 0.15) is 6.42 Å². The van der Waals surface area contributed by atoms with Crippen molar-refractivity contribution in [1.29, 1.82) is 0 Å². The third-order valence-corrected chi connectivity index (χ3v) is 2.83. The fourth-order valence-corrected chi connectivity index (χ4v) is 2.05. The van der Waals surface area contributed by atoms with E-state index < -0.39 is 0 Å². The van der Waals surface area contributed by atoms with E-state index in [4.69, 9.17) is 0 Å². The summed E-state index contributed by atoms with van der Waals surface area (Å²) >= 11 is 0. The largest absolute Gasteiger partial charge is 0.260 e. The molecule has 0 aromatic heterocycles. The lowest BCUT2D eigenvalue weighted by Crippen LogP contribution is -2.07. The van der Waals surface area contributed by atoms with Crippen molar-refractivity contribution < 1.29 is 0 Å². The maximum atomic E-state index is 4.36. The van der Waals surface area contributed by atoms with E-state index in [1.807, 2.05) is 6.21 Å². The molecule has 2 unspecified atom stereocenters. The van der Waals surface area contributed by atoms with Crippen LogP contribution in [0, 0.1) is 11.3 Å². The highest BCUT2D eigenvalue weighted by Gasteiger charge is 2.54. The predicted octanol–water partition coefficient (Wildman–Crippen LogP) is 2.09. The number of hydrogen-bond acceptors (Lipinski definition) is 1. The highest BCUT2D eigenvalue weighted by Crippen LogP contribution is 2.62. The molecule has 0 aromatic rings. The van der Waals surface area contributed by atoms with Crippen LogP contribution in [-0.2, 0) is 0 Å². The van der Waals surface area contributed by atoms with E-state index in [0.29, 0.717) is 5.41 Å². The van der Waals surface area contributed by atoms with Gasteiger partial charge in [0.25, 0.3) is 0 Å². The molecular weight excluding hydrogens is 134 g/mol. The molecule has 2 atom stereocenters. The second kappa shape index (κ2) is 1.55. The molecule has 0 radical (unpaired) electrons. The summed E-state index contributed by atoms with van der Waals surface area (Å²) in [4.78, 5) is 4.36. The normalized spacial score (nSPS) is 42.9. The molecule has 0 bridgehead atoms. The zero-order valence-corrected chi connectivity index (χ0v) is 6.20. The lowest BCUT2D eigenvalue weighted by atomic mass is 9.93. The van der Waals surface area contributed by atoms with E-state index in [1.54, 1.807) is 0 Å². The van der Waals surface area contributed by atoms with Crippen molar-refractivity contribution in [2.24, 2.45) is 16.3 Å². The highest BCUT2D eigenvalue weighted by molar-refractivity contribution is 5.76. The molecule has 54 valence electrons. The van der Waals surface area contributed by atoms with E-state index in [2.05, 4.69) is 35.4 Å². The lowest BCUT2D eigenvalue weighted by molar-refractivity contribution is 0.709. The van der Waals surface area contributed by atoms with Gasteiger partial charge in [-0.2, -0.15) is 0 Å². The van der Waals surface area contributed by atoms with Crippen molar-refractivity contribution in [3.8, 4) is 0 Å². The van der Waals surface area contributed by atoms with Gasteiger partial charge in [0.15, 0.2) is 0 Å². The van der Waals surface area contributed by atoms with Gasteiger partial charge in [-0.25, -0.2) is 0 Å². The Kier molecular flexibility index (Phi) is 0.780. The Labute approximate surface area is 65.8 Å². The van der Waals surface area contributed by atoms with Crippen molar-refractivity contribution in [3.05, 3.63) is 36.1 Å². The predicted molar refractivity (Wildman–Crippen MR) is 45.4 cm³/mol. The van der Waals surface area contributed by atoms with Crippen molar-refractivity contribution in [2.75, 3.05) is 0 Å². The van der Waals surface area contributed by atoms with Crippen LogP contribution in [0.4, 0.5) is 0 Å². The van der Waals surface area contributed by atoms with Crippen molar-refractivity contribution in [3.63, 3.8) is 0 Å². The second-order valence-electron chi connectivity index (χ2n) is 3.43. The fraction of sp³-hybridized carbons (Fsp3) is 0.300. The Hall–Kier alpha value is -1.11. The van der Waals surface area contributed by atoms with Gasteiger partial charge in [-0.1, -0.05) is 18.2 Å². The maximum absolute atomic E-state index is 4.36. The smallest absolute Gasteiger partial charge is 0.0509 e. The van der Waals surface area contributed by atoms with Crippen LogP contribution < -0.4 is 0 Å². The Morgan fingerprint density at radius 2 is 2.45 bits per heavy atom. The van der Waals surface area contributed by atoms with Gasteiger partial charge in [0.2, 0.25) is 0 Å². The first-order valence-corrected chi connectivity index (χ1v) is 4.03. The molecule has 0 amide bonds. The van der Waals surface area contributed by atoms with Crippen LogP contribution in [0.15, 0.2) is 41.1 Å². The van der Waals surface area contributed by atoms with Crippen LogP contribution in [0.5, 0.6) is 0 Å². The molecule has 1 aliphatic heterocycles. The minimum atomic E-state index is 0.337. The number of aliphatic imine (C=N–C) groups is 1. The van der Waals surface area contributed by atoms with Crippen LogP contribution in [-0.4, -0.2) is 6.21 Å². The molecule has 3 aliphatic rings. The molecule has 3 rings (SSSR count). The molecule has 1 heterocycles. The lowest BCUT2D eigenvalue weighted by Gasteiger charge is -2.17. The molecule has 1 saturated carbocycles. The van der Waals surface area contributed by atoms with E-state index in [1.165, 1.54) is 12.1 Å². The van der Waals surface area contributed by atoms with Gasteiger partial charge in [-0.15, -0.1) is 0 Å². The molecular formula is C10H9N. The molecule has 0 N–H and O–H groups in total. The van der Waals surface area contributed by atoms with E-state index in [0.717, 1.165) is 5.92 Å². The van der Waals surface area contributed by atoms with Gasteiger partial charge in [-0.05, 0) is 24.5 Å². The van der Waals surface area contributed by atoms with Crippen LogP contribution in [0.2, 0.25) is 0 Å². The van der Waals surface area contributed by atoms with Gasteiger partial charge in [0.05, 0.1) is 5.70 Å². The zero-order chi connectivity index (χ0) is 7.31. The zero-order valence-electron chi connectivity index (χ0n) is 6.20. The van der Waals surface area contributed by atoms with Gasteiger partial charge in [-0.3, -0.25) is 4.99 Å². The van der Waals surface area contributed by atoms with E-state index in [-0.39, 0.29) is 0 Å². The SMILES string of the molecule is C1=CC2CC23C=CC=NC3=C1. The third-order valence-electron chi connectivity index (χ3n) is 2.83. The van der Waals surface area contributed by atoms with Gasteiger partial charge >= 0.3 is 0 Å². The van der Waals surface area contributed by atoms with Crippen LogP contribution >= 0.6 is 0 Å². The van der Waals surface area contributed by atoms with Gasteiger partial charge < -0.3 is 0 Å². The Bertz CT molecular complexity index is 320. The summed E-state index contributed by atoms with van der Waals surface area (Å²) in [5, 5.41) is 0. The minimum absolute atomic E-state index is 0.337. The molecule has 1 spiro atoms. The highest BCUT2D eigenvalue weighted by atomic mass is 14.8. The van der Waals surface area contributed by atoms with Crippen molar-refractivity contribution in [2.45, 2.75) is 6.42 Å². The topological polar surface area (TPSA) is 12.4 Å². The number of rotatable bonds is 0. The number of hydrogen-bond donors (Lipinski definition) is 0. The van der Waals surface area contributed by atoms with Crippen molar-refractivity contribution >= 4 is 6.21 Å². The molecule has 11 heavy (non-hydrogen) atoms. The molecule has 1 fully saturated rings. The molecule has 0 aromatic carbocycles. The standard InChI is InChI=1S/C10H9N/c1-3-8-7-10(8)5-2-6-11-9(10)4-1/h1-6,8H,7H2. The molecule has 2 aliphatic carbocycles.